The van der Waals surface area contributed by atoms with E-state index in [0.717, 1.165) is 22.0 Å². The molecule has 0 radical (unpaired) electrons. The molecule has 0 spiro atoms. The van der Waals surface area contributed by atoms with Crippen molar-refractivity contribution in [1.29, 1.82) is 0 Å². The van der Waals surface area contributed by atoms with E-state index in [1.807, 2.05) is 18.2 Å². The summed E-state index contributed by atoms with van der Waals surface area (Å²) in [5.41, 5.74) is 1.88. The third-order valence-corrected chi connectivity index (χ3v) is 2.90. The number of halogens is 3. The Morgan fingerprint density at radius 2 is 2.00 bits per heavy atom. The van der Waals surface area contributed by atoms with E-state index in [-0.39, 0.29) is 0 Å². The molecule has 0 aliphatic heterocycles. The minimum absolute atomic E-state index is 0.742. The van der Waals surface area contributed by atoms with Crippen LogP contribution >= 0.6 is 39.1 Å². The van der Waals surface area contributed by atoms with E-state index in [9.17, 15) is 5.11 Å². The average Bonchev–Trinajstić information content (AvgIpc) is 2.15. The van der Waals surface area contributed by atoms with Gasteiger partial charge in [-0.05, 0) is 29.7 Å². The van der Waals surface area contributed by atoms with Gasteiger partial charge in [0.2, 0.25) is 0 Å². The largest absolute Gasteiger partial charge is 0.386 e. The van der Waals surface area contributed by atoms with E-state index < -0.39 is 10.9 Å². The Hall–Kier alpha value is 0.240. The molecule has 0 amide bonds. The van der Waals surface area contributed by atoms with Crippen molar-refractivity contribution in [2.24, 2.45) is 0 Å². The fourth-order valence-electron chi connectivity index (χ4n) is 1.20. The van der Waals surface area contributed by atoms with E-state index in [0.29, 0.717) is 0 Å². The highest BCUT2D eigenvalue weighted by Crippen LogP contribution is 2.27. The molecule has 0 bridgehead atoms. The van der Waals surface area contributed by atoms with Gasteiger partial charge in [-0.2, -0.15) is 0 Å². The van der Waals surface area contributed by atoms with Crippen molar-refractivity contribution >= 4 is 39.1 Å². The molecule has 1 nitrogen and oxygen atoms in total. The Balaban J connectivity index is 3.02. The SMILES string of the molecule is CCc1cc(Br)cc(C(O)C(Cl)Cl)c1. The molecular weight excluding hydrogens is 287 g/mol. The van der Waals surface area contributed by atoms with Crippen molar-refractivity contribution in [2.75, 3.05) is 0 Å². The van der Waals surface area contributed by atoms with Crippen molar-refractivity contribution in [3.63, 3.8) is 0 Å². The molecule has 1 atom stereocenters. The van der Waals surface area contributed by atoms with Crippen LogP contribution in [0, 0.1) is 0 Å². The number of aryl methyl sites for hydroxylation is 1. The molecule has 1 aromatic carbocycles. The van der Waals surface area contributed by atoms with Gasteiger partial charge in [0.15, 0.2) is 0 Å². The van der Waals surface area contributed by atoms with Gasteiger partial charge >= 0.3 is 0 Å². The average molecular weight is 298 g/mol. The summed E-state index contributed by atoms with van der Waals surface area (Å²) >= 11 is 14.6. The molecule has 4 heteroatoms. The third-order valence-electron chi connectivity index (χ3n) is 1.97. The number of hydrogen-bond acceptors (Lipinski definition) is 1. The van der Waals surface area contributed by atoms with Crippen molar-refractivity contribution in [2.45, 2.75) is 24.3 Å². The molecule has 0 aromatic heterocycles. The molecule has 1 aromatic rings. The summed E-state index contributed by atoms with van der Waals surface area (Å²) in [5.74, 6) is 0. The topological polar surface area (TPSA) is 20.2 Å². The van der Waals surface area contributed by atoms with E-state index in [1.165, 1.54) is 0 Å². The summed E-state index contributed by atoms with van der Waals surface area (Å²) in [6.07, 6.45) is 0.0788. The maximum Gasteiger partial charge on any atom is 0.137 e. The smallest absolute Gasteiger partial charge is 0.137 e. The highest BCUT2D eigenvalue weighted by molar-refractivity contribution is 9.10. The normalized spacial score (nSPS) is 13.3. The number of aliphatic hydroxyl groups excluding tert-OH is 1. The van der Waals surface area contributed by atoms with Gasteiger partial charge in [0.25, 0.3) is 0 Å². The first-order chi connectivity index (χ1) is 6.54. The maximum atomic E-state index is 9.66. The van der Waals surface area contributed by atoms with E-state index in [4.69, 9.17) is 23.2 Å². The number of aliphatic hydroxyl groups is 1. The molecule has 0 saturated heterocycles. The van der Waals surface area contributed by atoms with E-state index >= 15 is 0 Å². The number of benzene rings is 1. The minimum atomic E-state index is -0.832. The second-order valence-corrected chi connectivity index (χ2v) is 5.11. The Morgan fingerprint density at radius 1 is 1.36 bits per heavy atom. The quantitative estimate of drug-likeness (QED) is 0.840. The van der Waals surface area contributed by atoms with Crippen LogP contribution in [0.5, 0.6) is 0 Å². The van der Waals surface area contributed by atoms with Crippen LogP contribution in [0.2, 0.25) is 0 Å². The van der Waals surface area contributed by atoms with Crippen molar-refractivity contribution < 1.29 is 5.11 Å². The van der Waals surface area contributed by atoms with Crippen LogP contribution in [0.15, 0.2) is 22.7 Å². The van der Waals surface area contributed by atoms with Gasteiger partial charge in [0, 0.05) is 4.47 Å². The van der Waals surface area contributed by atoms with Crippen LogP contribution in [-0.4, -0.2) is 9.94 Å². The minimum Gasteiger partial charge on any atom is -0.386 e. The molecule has 0 aliphatic carbocycles. The van der Waals surface area contributed by atoms with Crippen molar-refractivity contribution in [3.8, 4) is 0 Å². The first-order valence-electron chi connectivity index (χ1n) is 4.30. The predicted octanol–water partition coefficient (Wildman–Crippen LogP) is 3.85. The molecule has 0 aliphatic rings. The maximum absolute atomic E-state index is 9.66. The van der Waals surface area contributed by atoms with Gasteiger partial charge in [0.1, 0.15) is 10.9 Å². The van der Waals surface area contributed by atoms with E-state index in [2.05, 4.69) is 22.9 Å². The van der Waals surface area contributed by atoms with E-state index in [1.54, 1.807) is 0 Å². The lowest BCUT2D eigenvalue weighted by Gasteiger charge is -2.13. The summed E-state index contributed by atoms with van der Waals surface area (Å²) in [5, 5.41) is 9.66. The number of alkyl halides is 2. The van der Waals surface area contributed by atoms with Gasteiger partial charge in [-0.25, -0.2) is 0 Å². The lowest BCUT2D eigenvalue weighted by atomic mass is 10.1. The Kier molecular flexibility index (Phi) is 4.71. The lowest BCUT2D eigenvalue weighted by Crippen LogP contribution is -2.06. The Labute approximate surface area is 102 Å². The molecule has 14 heavy (non-hydrogen) atoms. The van der Waals surface area contributed by atoms with Crippen LogP contribution in [0.3, 0.4) is 0 Å². The van der Waals surface area contributed by atoms with Crippen molar-refractivity contribution in [1.82, 2.24) is 0 Å². The fraction of sp³-hybridized carbons (Fsp3) is 0.400. The molecule has 0 heterocycles. The summed E-state index contributed by atoms with van der Waals surface area (Å²) in [7, 11) is 0. The molecule has 1 unspecified atom stereocenters. The predicted molar refractivity (Wildman–Crippen MR) is 64.0 cm³/mol. The van der Waals surface area contributed by atoms with Gasteiger partial charge in [-0.3, -0.25) is 0 Å². The highest BCUT2D eigenvalue weighted by Gasteiger charge is 2.16. The molecule has 1 N–H and O–H groups in total. The standard InChI is InChI=1S/C10H11BrCl2O/c1-2-6-3-7(5-8(11)4-6)9(14)10(12)13/h3-5,9-10,14H,2H2,1H3. The van der Waals surface area contributed by atoms with Crippen LogP contribution < -0.4 is 0 Å². The van der Waals surface area contributed by atoms with Gasteiger partial charge < -0.3 is 5.11 Å². The van der Waals surface area contributed by atoms with Gasteiger partial charge in [-0.1, -0.05) is 28.9 Å². The zero-order valence-electron chi connectivity index (χ0n) is 7.67. The highest BCUT2D eigenvalue weighted by atomic mass is 79.9. The van der Waals surface area contributed by atoms with Gasteiger partial charge in [0.05, 0.1) is 0 Å². The first kappa shape index (κ1) is 12.3. The summed E-state index contributed by atoms with van der Waals surface area (Å²) < 4.78 is 0.930. The van der Waals surface area contributed by atoms with Crippen LogP contribution in [-0.2, 0) is 6.42 Å². The van der Waals surface area contributed by atoms with Crippen LogP contribution in [0.4, 0.5) is 0 Å². The lowest BCUT2D eigenvalue weighted by molar-refractivity contribution is 0.192. The Bertz CT molecular complexity index is 315. The molecular formula is C10H11BrCl2O. The van der Waals surface area contributed by atoms with Gasteiger partial charge in [-0.15, -0.1) is 23.2 Å². The fourth-order valence-corrected chi connectivity index (χ4v) is 2.05. The second-order valence-electron chi connectivity index (χ2n) is 3.03. The third kappa shape index (κ3) is 3.13. The zero-order chi connectivity index (χ0) is 10.7. The molecule has 1 rings (SSSR count). The summed E-state index contributed by atoms with van der Waals surface area (Å²) in [4.78, 5) is -0.797. The molecule has 0 saturated carbocycles. The number of rotatable bonds is 3. The summed E-state index contributed by atoms with van der Waals surface area (Å²) in [6.45, 7) is 2.05. The number of hydrogen-bond donors (Lipinski definition) is 1. The Morgan fingerprint density at radius 3 is 2.50 bits per heavy atom. The van der Waals surface area contributed by atoms with Crippen LogP contribution in [0.1, 0.15) is 24.2 Å². The van der Waals surface area contributed by atoms with Crippen molar-refractivity contribution in [3.05, 3.63) is 33.8 Å². The second kappa shape index (κ2) is 5.36. The first-order valence-corrected chi connectivity index (χ1v) is 5.96. The molecule has 0 fully saturated rings. The molecule has 78 valence electrons. The monoisotopic (exact) mass is 296 g/mol. The van der Waals surface area contributed by atoms with Crippen LogP contribution in [0.25, 0.3) is 0 Å². The summed E-state index contributed by atoms with van der Waals surface area (Å²) in [6, 6.07) is 5.74. The zero-order valence-corrected chi connectivity index (χ0v) is 10.8.